The number of hydrogen-bond donors (Lipinski definition) is 1. The maximum Gasteiger partial charge on any atom is 0.294 e. The zero-order valence-corrected chi connectivity index (χ0v) is 17.7. The van der Waals surface area contributed by atoms with Gasteiger partial charge in [-0.2, -0.15) is 0 Å². The third-order valence-electron chi connectivity index (χ3n) is 5.16. The fraction of sp³-hybridized carbons (Fsp3) is 0.154. The number of nitrogens with zero attached hydrogens (tertiary/aromatic N) is 1. The van der Waals surface area contributed by atoms with Crippen LogP contribution in [0.3, 0.4) is 0 Å². The molecule has 0 saturated carbocycles. The molecular formula is C26H23FN2O3. The molecule has 0 fully saturated rings. The summed E-state index contributed by atoms with van der Waals surface area (Å²) in [4.78, 5) is 27.1. The fourth-order valence-corrected chi connectivity index (χ4v) is 3.43. The van der Waals surface area contributed by atoms with Crippen LogP contribution >= 0.6 is 0 Å². The van der Waals surface area contributed by atoms with Crippen molar-refractivity contribution >= 4 is 23.6 Å². The molecular weight excluding hydrogens is 407 g/mol. The number of amides is 2. The lowest BCUT2D eigenvalue weighted by Crippen LogP contribution is -2.44. The van der Waals surface area contributed by atoms with Crippen molar-refractivity contribution < 1.29 is 18.7 Å². The summed E-state index contributed by atoms with van der Waals surface area (Å²) in [5.74, 6) is -0.502. The number of para-hydroxylation sites is 2. The van der Waals surface area contributed by atoms with Gasteiger partial charge in [0.2, 0.25) is 5.91 Å². The second-order valence-electron chi connectivity index (χ2n) is 7.61. The summed E-state index contributed by atoms with van der Waals surface area (Å²) in [5.41, 5.74) is 3.47. The Morgan fingerprint density at radius 1 is 1.03 bits per heavy atom. The minimum atomic E-state index is -0.429. The van der Waals surface area contributed by atoms with Gasteiger partial charge in [0, 0.05) is 6.54 Å². The SMILES string of the molecule is Cc1ccc(CCNC(=O)CN2C(=O)/C(=C\c3ccc(F)cc3)Oc3ccccc32)cc1. The molecule has 0 aliphatic carbocycles. The number of benzene rings is 3. The van der Waals surface area contributed by atoms with Crippen molar-refractivity contribution in [3.05, 3.63) is 101 Å². The molecule has 0 saturated heterocycles. The van der Waals surface area contributed by atoms with Crippen LogP contribution in [-0.2, 0) is 16.0 Å². The lowest BCUT2D eigenvalue weighted by molar-refractivity contribution is -0.123. The number of aryl methyl sites for hydroxylation is 1. The van der Waals surface area contributed by atoms with E-state index < -0.39 is 5.91 Å². The van der Waals surface area contributed by atoms with Crippen molar-refractivity contribution in [2.75, 3.05) is 18.0 Å². The third kappa shape index (κ3) is 5.03. The summed E-state index contributed by atoms with van der Waals surface area (Å²) in [6.07, 6.45) is 2.25. The van der Waals surface area contributed by atoms with Gasteiger partial charge in [-0.05, 0) is 54.8 Å². The molecule has 0 bridgehead atoms. The van der Waals surface area contributed by atoms with Crippen LogP contribution in [0.2, 0.25) is 0 Å². The number of fused-ring (bicyclic) bond motifs is 1. The molecule has 0 spiro atoms. The summed E-state index contributed by atoms with van der Waals surface area (Å²) >= 11 is 0. The van der Waals surface area contributed by atoms with Crippen LogP contribution in [0.4, 0.5) is 10.1 Å². The highest BCUT2D eigenvalue weighted by Crippen LogP contribution is 2.35. The molecule has 0 radical (unpaired) electrons. The first-order chi connectivity index (χ1) is 15.5. The van der Waals surface area contributed by atoms with Crippen LogP contribution in [0.1, 0.15) is 16.7 Å². The first-order valence-electron chi connectivity index (χ1n) is 10.4. The van der Waals surface area contributed by atoms with Crippen LogP contribution in [-0.4, -0.2) is 24.9 Å². The zero-order valence-electron chi connectivity index (χ0n) is 17.7. The van der Waals surface area contributed by atoms with Gasteiger partial charge in [-0.1, -0.05) is 54.1 Å². The van der Waals surface area contributed by atoms with E-state index in [-0.39, 0.29) is 24.0 Å². The standard InChI is InChI=1S/C26H23FN2O3/c1-18-6-8-19(9-7-18)14-15-28-25(30)17-29-22-4-2-3-5-23(22)32-24(26(29)31)16-20-10-12-21(27)13-11-20/h2-13,16H,14-15,17H2,1H3,(H,28,30)/b24-16+. The average Bonchev–Trinajstić information content (AvgIpc) is 2.79. The summed E-state index contributed by atoms with van der Waals surface area (Å²) in [5, 5.41) is 2.88. The van der Waals surface area contributed by atoms with Crippen LogP contribution in [0.25, 0.3) is 6.08 Å². The van der Waals surface area contributed by atoms with Gasteiger partial charge in [0.1, 0.15) is 12.4 Å². The van der Waals surface area contributed by atoms with Gasteiger partial charge < -0.3 is 10.1 Å². The van der Waals surface area contributed by atoms with Gasteiger partial charge in [-0.25, -0.2) is 4.39 Å². The number of hydrogen-bond acceptors (Lipinski definition) is 3. The van der Waals surface area contributed by atoms with E-state index >= 15 is 0 Å². The molecule has 0 aromatic heterocycles. The van der Waals surface area contributed by atoms with Gasteiger partial charge in [0.05, 0.1) is 5.69 Å². The van der Waals surface area contributed by atoms with E-state index in [2.05, 4.69) is 5.32 Å². The van der Waals surface area contributed by atoms with Crippen molar-refractivity contribution in [1.82, 2.24) is 5.32 Å². The Kier molecular flexibility index (Phi) is 6.31. The molecule has 5 nitrogen and oxygen atoms in total. The molecule has 3 aromatic carbocycles. The predicted molar refractivity (Wildman–Crippen MR) is 122 cm³/mol. The van der Waals surface area contributed by atoms with Crippen LogP contribution in [0.5, 0.6) is 5.75 Å². The highest BCUT2D eigenvalue weighted by atomic mass is 19.1. The maximum absolute atomic E-state index is 13.2. The Hall–Kier alpha value is -3.93. The highest BCUT2D eigenvalue weighted by molar-refractivity contribution is 6.12. The summed E-state index contributed by atoms with van der Waals surface area (Å²) in [7, 11) is 0. The molecule has 4 rings (SSSR count). The number of anilines is 1. The molecule has 32 heavy (non-hydrogen) atoms. The molecule has 0 unspecified atom stereocenters. The Bertz CT molecular complexity index is 1150. The number of halogens is 1. The minimum Gasteiger partial charge on any atom is -0.449 e. The van der Waals surface area contributed by atoms with Crippen molar-refractivity contribution in [1.29, 1.82) is 0 Å². The van der Waals surface area contributed by atoms with E-state index in [0.717, 1.165) is 5.56 Å². The van der Waals surface area contributed by atoms with E-state index in [1.165, 1.54) is 22.6 Å². The van der Waals surface area contributed by atoms with Crippen LogP contribution in [0.15, 0.2) is 78.6 Å². The van der Waals surface area contributed by atoms with Gasteiger partial charge in [0.15, 0.2) is 11.5 Å². The topological polar surface area (TPSA) is 58.6 Å². The number of ether oxygens (including phenoxy) is 1. The molecule has 2 amide bonds. The van der Waals surface area contributed by atoms with Crippen LogP contribution in [0, 0.1) is 12.7 Å². The van der Waals surface area contributed by atoms with Crippen molar-refractivity contribution in [2.45, 2.75) is 13.3 Å². The van der Waals surface area contributed by atoms with Crippen molar-refractivity contribution in [2.24, 2.45) is 0 Å². The quantitative estimate of drug-likeness (QED) is 0.595. The second-order valence-corrected chi connectivity index (χ2v) is 7.61. The van der Waals surface area contributed by atoms with Gasteiger partial charge in [-0.3, -0.25) is 14.5 Å². The summed E-state index contributed by atoms with van der Waals surface area (Å²) < 4.78 is 19.0. The van der Waals surface area contributed by atoms with Crippen molar-refractivity contribution in [3.63, 3.8) is 0 Å². The monoisotopic (exact) mass is 430 g/mol. The molecule has 1 aliphatic heterocycles. The van der Waals surface area contributed by atoms with Crippen LogP contribution < -0.4 is 15.0 Å². The minimum absolute atomic E-state index is 0.0720. The number of nitrogens with one attached hydrogen (secondary N) is 1. The van der Waals surface area contributed by atoms with E-state index in [4.69, 9.17) is 4.74 Å². The molecule has 1 aliphatic rings. The normalized spacial score (nSPS) is 14.1. The lowest BCUT2D eigenvalue weighted by atomic mass is 10.1. The zero-order chi connectivity index (χ0) is 22.5. The van der Waals surface area contributed by atoms with Crippen molar-refractivity contribution in [3.8, 4) is 5.75 Å². The molecule has 1 heterocycles. The first-order valence-corrected chi connectivity index (χ1v) is 10.4. The second kappa shape index (κ2) is 9.47. The molecule has 1 N–H and O–H groups in total. The smallest absolute Gasteiger partial charge is 0.294 e. The summed E-state index contributed by atoms with van der Waals surface area (Å²) in [6, 6.07) is 20.9. The van der Waals surface area contributed by atoms with Gasteiger partial charge in [-0.15, -0.1) is 0 Å². The number of carbonyl (C=O) groups excluding carboxylic acids is 2. The number of rotatable bonds is 6. The first kappa shape index (κ1) is 21.3. The largest absolute Gasteiger partial charge is 0.449 e. The van der Waals surface area contributed by atoms with E-state index in [9.17, 15) is 14.0 Å². The average molecular weight is 430 g/mol. The maximum atomic E-state index is 13.2. The Labute approximate surface area is 186 Å². The summed E-state index contributed by atoms with van der Waals surface area (Å²) in [6.45, 7) is 2.37. The van der Waals surface area contributed by atoms with Gasteiger partial charge in [0.25, 0.3) is 5.91 Å². The highest BCUT2D eigenvalue weighted by Gasteiger charge is 2.31. The van der Waals surface area contributed by atoms with E-state index in [1.54, 1.807) is 42.5 Å². The molecule has 0 atom stereocenters. The fourth-order valence-electron chi connectivity index (χ4n) is 3.43. The molecule has 162 valence electrons. The van der Waals surface area contributed by atoms with E-state index in [0.29, 0.717) is 30.0 Å². The number of carbonyl (C=O) groups is 2. The van der Waals surface area contributed by atoms with E-state index in [1.807, 2.05) is 31.2 Å². The Morgan fingerprint density at radius 3 is 2.50 bits per heavy atom. The molecule has 3 aromatic rings. The third-order valence-corrected chi connectivity index (χ3v) is 5.16. The lowest BCUT2D eigenvalue weighted by Gasteiger charge is -2.30. The van der Waals surface area contributed by atoms with Gasteiger partial charge >= 0.3 is 0 Å². The predicted octanol–water partition coefficient (Wildman–Crippen LogP) is 4.26. The Balaban J connectivity index is 1.47. The molecule has 6 heteroatoms. The Morgan fingerprint density at radius 2 is 1.75 bits per heavy atom.